The van der Waals surface area contributed by atoms with E-state index in [1.54, 1.807) is 6.20 Å². The van der Waals surface area contributed by atoms with Crippen molar-refractivity contribution in [1.29, 1.82) is 0 Å². The van der Waals surface area contributed by atoms with Crippen molar-refractivity contribution in [1.82, 2.24) is 10.3 Å². The van der Waals surface area contributed by atoms with Crippen molar-refractivity contribution in [2.75, 3.05) is 19.8 Å². The lowest BCUT2D eigenvalue weighted by molar-refractivity contribution is 0.0768. The molecular weight excluding hydrogens is 188 g/mol. The lowest BCUT2D eigenvalue weighted by Gasteiger charge is -2.23. The summed E-state index contributed by atoms with van der Waals surface area (Å²) < 4.78 is 5.35. The van der Waals surface area contributed by atoms with Crippen molar-refractivity contribution in [3.05, 3.63) is 29.0 Å². The van der Waals surface area contributed by atoms with Crippen LogP contribution in [0.5, 0.6) is 0 Å². The third-order valence-corrected chi connectivity index (χ3v) is 2.28. The lowest BCUT2D eigenvalue weighted by Crippen LogP contribution is -2.34. The Morgan fingerprint density at radius 1 is 1.62 bits per heavy atom. The first-order valence-corrected chi connectivity index (χ1v) is 4.66. The number of pyridine rings is 1. The Morgan fingerprint density at radius 2 is 2.54 bits per heavy atom. The molecule has 4 heteroatoms. The van der Waals surface area contributed by atoms with E-state index in [1.807, 2.05) is 12.1 Å². The third kappa shape index (κ3) is 2.18. The SMILES string of the molecule is Clc1cc([C@H]2COCCN2)ccn1. The van der Waals surface area contributed by atoms with Gasteiger partial charge in [0.1, 0.15) is 5.15 Å². The maximum atomic E-state index is 5.78. The van der Waals surface area contributed by atoms with Gasteiger partial charge in [0, 0.05) is 12.7 Å². The van der Waals surface area contributed by atoms with E-state index in [4.69, 9.17) is 16.3 Å². The first kappa shape index (κ1) is 8.94. The zero-order valence-electron chi connectivity index (χ0n) is 7.16. The summed E-state index contributed by atoms with van der Waals surface area (Å²) >= 11 is 5.78. The van der Waals surface area contributed by atoms with E-state index in [2.05, 4.69) is 10.3 Å². The largest absolute Gasteiger partial charge is 0.378 e. The van der Waals surface area contributed by atoms with Gasteiger partial charge in [-0.15, -0.1) is 0 Å². The molecular formula is C9H11ClN2O. The van der Waals surface area contributed by atoms with Crippen molar-refractivity contribution in [3.8, 4) is 0 Å². The van der Waals surface area contributed by atoms with Crippen molar-refractivity contribution in [2.24, 2.45) is 0 Å². The van der Waals surface area contributed by atoms with E-state index < -0.39 is 0 Å². The van der Waals surface area contributed by atoms with E-state index >= 15 is 0 Å². The molecule has 0 radical (unpaired) electrons. The topological polar surface area (TPSA) is 34.1 Å². The van der Waals surface area contributed by atoms with Crippen LogP contribution in [-0.4, -0.2) is 24.7 Å². The summed E-state index contributed by atoms with van der Waals surface area (Å²) in [7, 11) is 0. The Morgan fingerprint density at radius 3 is 3.23 bits per heavy atom. The summed E-state index contributed by atoms with van der Waals surface area (Å²) in [6, 6.07) is 4.08. The highest BCUT2D eigenvalue weighted by molar-refractivity contribution is 6.29. The van der Waals surface area contributed by atoms with E-state index in [1.165, 1.54) is 0 Å². The van der Waals surface area contributed by atoms with Gasteiger partial charge in [0.25, 0.3) is 0 Å². The number of ether oxygens (including phenoxy) is 1. The van der Waals surface area contributed by atoms with Gasteiger partial charge in [-0.2, -0.15) is 0 Å². The van der Waals surface area contributed by atoms with Gasteiger partial charge >= 0.3 is 0 Å². The molecule has 0 saturated carbocycles. The van der Waals surface area contributed by atoms with Crippen LogP contribution in [0, 0.1) is 0 Å². The number of hydrogen-bond acceptors (Lipinski definition) is 3. The molecule has 0 aliphatic carbocycles. The maximum absolute atomic E-state index is 5.78. The Bertz CT molecular complexity index is 287. The normalized spacial score (nSPS) is 23.0. The predicted molar refractivity (Wildman–Crippen MR) is 50.8 cm³/mol. The Balaban J connectivity index is 2.14. The van der Waals surface area contributed by atoms with Gasteiger partial charge in [-0.05, 0) is 17.7 Å². The Labute approximate surface area is 82.1 Å². The zero-order valence-corrected chi connectivity index (χ0v) is 7.92. The van der Waals surface area contributed by atoms with Gasteiger partial charge < -0.3 is 10.1 Å². The highest BCUT2D eigenvalue weighted by Gasteiger charge is 2.14. The molecule has 1 aromatic rings. The summed E-state index contributed by atoms with van der Waals surface area (Å²) in [6.07, 6.45) is 1.72. The fourth-order valence-electron chi connectivity index (χ4n) is 1.41. The minimum Gasteiger partial charge on any atom is -0.378 e. The summed E-state index contributed by atoms with van der Waals surface area (Å²) in [5, 5.41) is 3.88. The molecule has 1 saturated heterocycles. The molecule has 0 amide bonds. The summed E-state index contributed by atoms with van der Waals surface area (Å²) in [5.41, 5.74) is 1.14. The van der Waals surface area contributed by atoms with Gasteiger partial charge in [-0.1, -0.05) is 11.6 Å². The third-order valence-electron chi connectivity index (χ3n) is 2.07. The number of rotatable bonds is 1. The molecule has 2 rings (SSSR count). The molecule has 70 valence electrons. The average molecular weight is 199 g/mol. The van der Waals surface area contributed by atoms with E-state index in [-0.39, 0.29) is 6.04 Å². The minimum atomic E-state index is 0.259. The minimum absolute atomic E-state index is 0.259. The average Bonchev–Trinajstić information content (AvgIpc) is 2.19. The van der Waals surface area contributed by atoms with Crippen molar-refractivity contribution in [3.63, 3.8) is 0 Å². The molecule has 3 nitrogen and oxygen atoms in total. The fourth-order valence-corrected chi connectivity index (χ4v) is 1.60. The first-order valence-electron chi connectivity index (χ1n) is 4.29. The van der Waals surface area contributed by atoms with Crippen LogP contribution in [0.1, 0.15) is 11.6 Å². The number of nitrogens with one attached hydrogen (secondary N) is 1. The molecule has 1 atom stereocenters. The van der Waals surface area contributed by atoms with Crippen LogP contribution in [0.2, 0.25) is 5.15 Å². The highest BCUT2D eigenvalue weighted by Crippen LogP contribution is 2.17. The van der Waals surface area contributed by atoms with Crippen molar-refractivity contribution >= 4 is 11.6 Å². The predicted octanol–water partition coefficient (Wildman–Crippen LogP) is 1.40. The van der Waals surface area contributed by atoms with E-state index in [0.717, 1.165) is 18.7 Å². The van der Waals surface area contributed by atoms with Crippen LogP contribution < -0.4 is 5.32 Å². The summed E-state index contributed by atoms with van der Waals surface area (Å²) in [4.78, 5) is 3.93. The Hall–Kier alpha value is -0.640. The van der Waals surface area contributed by atoms with Gasteiger partial charge in [-0.25, -0.2) is 4.98 Å². The molecule has 0 aromatic carbocycles. The number of hydrogen-bond donors (Lipinski definition) is 1. The van der Waals surface area contributed by atoms with Gasteiger partial charge in [0.15, 0.2) is 0 Å². The number of halogens is 1. The first-order chi connectivity index (χ1) is 6.36. The van der Waals surface area contributed by atoms with Crippen LogP contribution in [0.15, 0.2) is 18.3 Å². The number of morpholine rings is 1. The van der Waals surface area contributed by atoms with Crippen molar-refractivity contribution < 1.29 is 4.74 Å². The van der Waals surface area contributed by atoms with Gasteiger partial charge in [-0.3, -0.25) is 0 Å². The monoisotopic (exact) mass is 198 g/mol. The quantitative estimate of drug-likeness (QED) is 0.693. The molecule has 0 bridgehead atoms. The molecule has 13 heavy (non-hydrogen) atoms. The van der Waals surface area contributed by atoms with E-state index in [9.17, 15) is 0 Å². The fraction of sp³-hybridized carbons (Fsp3) is 0.444. The maximum Gasteiger partial charge on any atom is 0.129 e. The van der Waals surface area contributed by atoms with Gasteiger partial charge in [0.2, 0.25) is 0 Å². The summed E-state index contributed by atoms with van der Waals surface area (Å²) in [6.45, 7) is 2.39. The molecule has 2 heterocycles. The second kappa shape index (κ2) is 4.05. The van der Waals surface area contributed by atoms with Crippen LogP contribution in [0.25, 0.3) is 0 Å². The van der Waals surface area contributed by atoms with Crippen LogP contribution >= 0.6 is 11.6 Å². The Kier molecular flexibility index (Phi) is 2.78. The molecule has 0 spiro atoms. The standard InChI is InChI=1S/C9H11ClN2O/c10-9-5-7(1-2-12-9)8-6-13-4-3-11-8/h1-2,5,8,11H,3-4,6H2/t8-/m1/s1. The molecule has 1 aromatic heterocycles. The zero-order chi connectivity index (χ0) is 9.10. The second-order valence-corrected chi connectivity index (χ2v) is 3.38. The molecule has 1 fully saturated rings. The van der Waals surface area contributed by atoms with Crippen LogP contribution in [0.4, 0.5) is 0 Å². The molecule has 1 N–H and O–H groups in total. The smallest absolute Gasteiger partial charge is 0.129 e. The van der Waals surface area contributed by atoms with Gasteiger partial charge in [0.05, 0.1) is 19.3 Å². The second-order valence-electron chi connectivity index (χ2n) is 2.99. The molecule has 1 aliphatic heterocycles. The van der Waals surface area contributed by atoms with Crippen molar-refractivity contribution in [2.45, 2.75) is 6.04 Å². The summed E-state index contributed by atoms with van der Waals surface area (Å²) in [5.74, 6) is 0. The molecule has 0 unspecified atom stereocenters. The number of aromatic nitrogens is 1. The number of nitrogens with zero attached hydrogens (tertiary/aromatic N) is 1. The van der Waals surface area contributed by atoms with Crippen LogP contribution in [-0.2, 0) is 4.74 Å². The lowest BCUT2D eigenvalue weighted by atomic mass is 10.1. The molecule has 1 aliphatic rings. The highest BCUT2D eigenvalue weighted by atomic mass is 35.5. The van der Waals surface area contributed by atoms with Crippen LogP contribution in [0.3, 0.4) is 0 Å². The van der Waals surface area contributed by atoms with E-state index in [0.29, 0.717) is 11.8 Å².